The van der Waals surface area contributed by atoms with Crippen LogP contribution in [-0.2, 0) is 13.2 Å². The van der Waals surface area contributed by atoms with Crippen LogP contribution in [0.5, 0.6) is 0 Å². The van der Waals surface area contributed by atoms with Crippen molar-refractivity contribution < 1.29 is 17.5 Å². The number of nitrogens with zero attached hydrogens (tertiary/aromatic N) is 1. The highest BCUT2D eigenvalue weighted by molar-refractivity contribution is 5.26. The molecule has 17 heavy (non-hydrogen) atoms. The molecule has 1 fully saturated rings. The molecule has 96 valence electrons. The molecule has 1 aliphatic heterocycles. The number of aliphatic hydroxyl groups excluding tert-OH is 1. The van der Waals surface area contributed by atoms with E-state index in [0.717, 1.165) is 18.0 Å². The maximum Gasteiger partial charge on any atom is 0.0685 e. The van der Waals surface area contributed by atoms with Gasteiger partial charge in [-0.05, 0) is 43.0 Å². The summed E-state index contributed by atoms with van der Waals surface area (Å²) in [5.41, 5.74) is 2.35. The zero-order valence-electron chi connectivity index (χ0n) is 10.4. The van der Waals surface area contributed by atoms with Gasteiger partial charge in [0.05, 0.1) is 6.61 Å². The molecule has 0 saturated carbocycles. The van der Waals surface area contributed by atoms with Crippen LogP contribution in [-0.4, -0.2) is 23.1 Å². The summed E-state index contributed by atoms with van der Waals surface area (Å²) < 4.78 is 0. The third-order valence-corrected chi connectivity index (χ3v) is 3.56. The molecular weight excluding hydrogens is 234 g/mol. The first-order chi connectivity index (χ1) is 7.79. The zero-order valence-corrected chi connectivity index (χ0v) is 11.2. The van der Waals surface area contributed by atoms with Crippen LogP contribution in [0.2, 0.25) is 0 Å². The molecule has 2 rings (SSSR count). The third kappa shape index (κ3) is 3.98. The van der Waals surface area contributed by atoms with Crippen LogP contribution >= 0.6 is 0 Å². The van der Waals surface area contributed by atoms with Crippen LogP contribution in [0.25, 0.3) is 0 Å². The van der Waals surface area contributed by atoms with E-state index < -0.39 is 0 Å². The summed E-state index contributed by atoms with van der Waals surface area (Å²) in [5.74, 6) is 0.879. The fourth-order valence-electron chi connectivity index (χ4n) is 2.33. The molecule has 0 spiro atoms. The number of rotatable bonds is 3. The fourth-order valence-corrected chi connectivity index (χ4v) is 2.33. The predicted molar refractivity (Wildman–Crippen MR) is 66.0 cm³/mol. The molecule has 0 unspecified atom stereocenters. The molecule has 0 amide bonds. The van der Waals surface area contributed by atoms with E-state index in [4.69, 9.17) is 0 Å². The molecule has 3 heteroatoms. The number of halogens is 1. The first-order valence-electron chi connectivity index (χ1n) is 6.19. The number of likely N-dealkylation sites (tertiary alicyclic amines) is 1. The Bertz CT molecular complexity index is 335. The molecule has 0 bridgehead atoms. The molecule has 1 N–H and O–H groups in total. The Kier molecular flexibility index (Phi) is 5.96. The van der Waals surface area contributed by atoms with E-state index >= 15 is 0 Å². The summed E-state index contributed by atoms with van der Waals surface area (Å²) in [6.45, 7) is 5.87. The lowest BCUT2D eigenvalue weighted by Gasteiger charge is -2.30. The Hall–Kier alpha value is -0.570. The minimum absolute atomic E-state index is 0. The average molecular weight is 255 g/mol. The summed E-state index contributed by atoms with van der Waals surface area (Å²) in [4.78, 5) is 2.49. The summed E-state index contributed by atoms with van der Waals surface area (Å²) in [5, 5.41) is 9.27. The minimum Gasteiger partial charge on any atom is -1.00 e. The van der Waals surface area contributed by atoms with Crippen molar-refractivity contribution in [2.75, 3.05) is 13.1 Å². The van der Waals surface area contributed by atoms with Crippen LogP contribution in [0.15, 0.2) is 24.3 Å². The summed E-state index contributed by atoms with van der Waals surface area (Å²) in [7, 11) is 0. The van der Waals surface area contributed by atoms with E-state index in [2.05, 4.69) is 24.0 Å². The van der Waals surface area contributed by atoms with Gasteiger partial charge in [0.2, 0.25) is 0 Å². The lowest BCUT2D eigenvalue weighted by molar-refractivity contribution is -0.00000442. The van der Waals surface area contributed by atoms with Gasteiger partial charge in [-0.1, -0.05) is 31.2 Å². The molecule has 1 aromatic carbocycles. The van der Waals surface area contributed by atoms with E-state index in [-0.39, 0.29) is 19.0 Å². The van der Waals surface area contributed by atoms with Crippen molar-refractivity contribution in [3.8, 4) is 0 Å². The Morgan fingerprint density at radius 1 is 1.18 bits per heavy atom. The number of hydrogen-bond acceptors (Lipinski definition) is 2. The monoisotopic (exact) mass is 254 g/mol. The van der Waals surface area contributed by atoms with Crippen LogP contribution < -0.4 is 12.4 Å². The number of aliphatic hydroxyl groups is 1. The molecule has 0 atom stereocenters. The van der Waals surface area contributed by atoms with Crippen molar-refractivity contribution in [1.29, 1.82) is 0 Å². The molecular formula is C14H21ClNO-. The zero-order chi connectivity index (χ0) is 11.4. The van der Waals surface area contributed by atoms with Crippen molar-refractivity contribution in [2.45, 2.75) is 32.9 Å². The third-order valence-electron chi connectivity index (χ3n) is 3.56. The van der Waals surface area contributed by atoms with E-state index in [9.17, 15) is 5.11 Å². The largest absolute Gasteiger partial charge is 1.00 e. The van der Waals surface area contributed by atoms with Gasteiger partial charge in [-0.2, -0.15) is 0 Å². The van der Waals surface area contributed by atoms with Gasteiger partial charge in [0, 0.05) is 6.54 Å². The second-order valence-corrected chi connectivity index (χ2v) is 4.89. The summed E-state index contributed by atoms with van der Waals surface area (Å²) in [6, 6.07) is 8.19. The van der Waals surface area contributed by atoms with Crippen molar-refractivity contribution in [2.24, 2.45) is 5.92 Å². The lowest BCUT2D eigenvalue weighted by atomic mass is 9.98. The SMILES string of the molecule is CC1CCN(Cc2ccccc2CO)CC1.[Cl-]. The topological polar surface area (TPSA) is 23.5 Å². The van der Waals surface area contributed by atoms with Gasteiger partial charge in [-0.3, -0.25) is 4.90 Å². The van der Waals surface area contributed by atoms with Crippen molar-refractivity contribution in [3.05, 3.63) is 35.4 Å². The van der Waals surface area contributed by atoms with Gasteiger partial charge in [-0.15, -0.1) is 0 Å². The number of hydrogen-bond donors (Lipinski definition) is 1. The van der Waals surface area contributed by atoms with E-state index in [1.807, 2.05) is 12.1 Å². The van der Waals surface area contributed by atoms with E-state index in [0.29, 0.717) is 0 Å². The van der Waals surface area contributed by atoms with Gasteiger partial charge in [0.25, 0.3) is 0 Å². The fraction of sp³-hybridized carbons (Fsp3) is 0.571. The van der Waals surface area contributed by atoms with Gasteiger partial charge in [0.15, 0.2) is 0 Å². The number of benzene rings is 1. The van der Waals surface area contributed by atoms with Gasteiger partial charge in [0.1, 0.15) is 0 Å². The standard InChI is InChI=1S/C14H21NO.ClH/c1-12-6-8-15(9-7-12)10-13-4-2-3-5-14(13)11-16;/h2-5,12,16H,6-11H2,1H3;1H/p-1. The molecule has 0 radical (unpaired) electrons. The highest BCUT2D eigenvalue weighted by Crippen LogP contribution is 2.19. The Morgan fingerprint density at radius 3 is 2.35 bits per heavy atom. The van der Waals surface area contributed by atoms with E-state index in [1.54, 1.807) is 0 Å². The Balaban J connectivity index is 0.00000144. The maximum absolute atomic E-state index is 9.27. The molecule has 1 heterocycles. The highest BCUT2D eigenvalue weighted by Gasteiger charge is 2.16. The average Bonchev–Trinajstić information content (AvgIpc) is 2.33. The van der Waals surface area contributed by atoms with Crippen LogP contribution in [0, 0.1) is 5.92 Å². The van der Waals surface area contributed by atoms with Gasteiger partial charge in [-0.25, -0.2) is 0 Å². The molecule has 1 aliphatic rings. The summed E-state index contributed by atoms with van der Waals surface area (Å²) in [6.07, 6.45) is 2.61. The van der Waals surface area contributed by atoms with Gasteiger partial charge >= 0.3 is 0 Å². The molecule has 0 aliphatic carbocycles. The second kappa shape index (κ2) is 7.00. The van der Waals surface area contributed by atoms with Crippen LogP contribution in [0.1, 0.15) is 30.9 Å². The van der Waals surface area contributed by atoms with Crippen LogP contribution in [0.3, 0.4) is 0 Å². The Labute approximate surface area is 110 Å². The minimum atomic E-state index is 0. The van der Waals surface area contributed by atoms with Crippen LogP contribution in [0.4, 0.5) is 0 Å². The molecule has 1 saturated heterocycles. The van der Waals surface area contributed by atoms with Gasteiger partial charge < -0.3 is 17.5 Å². The van der Waals surface area contributed by atoms with Crippen molar-refractivity contribution in [3.63, 3.8) is 0 Å². The molecule has 1 aromatic rings. The maximum atomic E-state index is 9.27. The first kappa shape index (κ1) is 14.5. The molecule has 0 aromatic heterocycles. The van der Waals surface area contributed by atoms with Crippen molar-refractivity contribution in [1.82, 2.24) is 4.90 Å². The smallest absolute Gasteiger partial charge is 0.0685 e. The Morgan fingerprint density at radius 2 is 1.76 bits per heavy atom. The quantitative estimate of drug-likeness (QED) is 0.780. The van der Waals surface area contributed by atoms with E-state index in [1.165, 1.54) is 31.5 Å². The lowest BCUT2D eigenvalue weighted by Crippen LogP contribution is -3.00. The molecule has 2 nitrogen and oxygen atoms in total. The second-order valence-electron chi connectivity index (χ2n) is 4.89. The predicted octanol–water partition coefficient (Wildman–Crippen LogP) is -0.585. The van der Waals surface area contributed by atoms with Crippen molar-refractivity contribution >= 4 is 0 Å². The number of piperidine rings is 1. The highest BCUT2D eigenvalue weighted by atomic mass is 35.5. The first-order valence-corrected chi connectivity index (χ1v) is 6.19. The summed E-state index contributed by atoms with van der Waals surface area (Å²) >= 11 is 0. The normalized spacial score (nSPS) is 17.8.